The molecule has 24 heavy (non-hydrogen) atoms. The van der Waals surface area contributed by atoms with Gasteiger partial charge in [0.1, 0.15) is 23.5 Å². The van der Waals surface area contributed by atoms with Crippen molar-refractivity contribution in [1.82, 2.24) is 5.32 Å². The number of thiophene rings is 1. The van der Waals surface area contributed by atoms with Crippen molar-refractivity contribution in [2.75, 3.05) is 18.9 Å². The van der Waals surface area contributed by atoms with E-state index >= 15 is 0 Å². The molecule has 1 aromatic carbocycles. The number of anilines is 1. The van der Waals surface area contributed by atoms with Gasteiger partial charge in [0.05, 0.1) is 24.0 Å². The summed E-state index contributed by atoms with van der Waals surface area (Å²) >= 11 is 3.91. The number of nitrogens with one attached hydrogen (secondary N) is 3. The zero-order valence-electron chi connectivity index (χ0n) is 13.5. The summed E-state index contributed by atoms with van der Waals surface area (Å²) < 4.78 is 1.04. The third-order valence-corrected chi connectivity index (χ3v) is 6.52. The van der Waals surface area contributed by atoms with Crippen molar-refractivity contribution in [3.05, 3.63) is 42.8 Å². The van der Waals surface area contributed by atoms with Crippen LogP contribution in [0, 0.1) is 10.5 Å². The maximum absolute atomic E-state index is 12.7. The molecule has 0 saturated carbocycles. The monoisotopic (exact) mass is 456 g/mol. The molecular weight excluding hydrogens is 437 g/mol. The summed E-state index contributed by atoms with van der Waals surface area (Å²) in [6.45, 7) is 3.91. The molecule has 2 aliphatic rings. The number of carbonyl (C=O) groups excluding carboxylic acids is 1. The first kappa shape index (κ1) is 16.2. The normalized spacial score (nSPS) is 22.4. The number of halogens is 1. The van der Waals surface area contributed by atoms with Crippen molar-refractivity contribution in [1.29, 1.82) is 0 Å². The second-order valence-corrected chi connectivity index (χ2v) is 8.90. The second-order valence-electron chi connectivity index (χ2n) is 6.55. The van der Waals surface area contributed by atoms with Crippen LogP contribution in [-0.4, -0.2) is 24.6 Å². The molecular formula is C17H19IN3O2S+. The van der Waals surface area contributed by atoms with Crippen molar-refractivity contribution in [3.63, 3.8) is 0 Å². The molecule has 7 heteroatoms. The number of benzene rings is 1. The average Bonchev–Trinajstić information content (AvgIpc) is 2.88. The Kier molecular flexibility index (Phi) is 3.97. The smallest absolute Gasteiger partial charge is 0.256 e. The number of quaternary nitrogens is 1. The van der Waals surface area contributed by atoms with Crippen molar-refractivity contribution in [3.8, 4) is 5.75 Å². The summed E-state index contributed by atoms with van der Waals surface area (Å²) in [6, 6.07) is 3.84. The van der Waals surface area contributed by atoms with Crippen LogP contribution in [0.3, 0.4) is 0 Å². The molecule has 0 radical (unpaired) electrons. The Hall–Kier alpha value is -1.32. The predicted octanol–water partition coefficient (Wildman–Crippen LogP) is 1.79. The van der Waals surface area contributed by atoms with Crippen molar-refractivity contribution >= 4 is 44.8 Å². The van der Waals surface area contributed by atoms with Gasteiger partial charge in [0.2, 0.25) is 0 Å². The highest BCUT2D eigenvalue weighted by Gasteiger charge is 2.34. The number of amides is 1. The summed E-state index contributed by atoms with van der Waals surface area (Å²) in [5.41, 5.74) is 3.54. The molecule has 4 rings (SSSR count). The van der Waals surface area contributed by atoms with Crippen LogP contribution < -0.4 is 15.5 Å². The van der Waals surface area contributed by atoms with E-state index in [1.807, 2.05) is 19.1 Å². The number of fused-ring (bicyclic) bond motifs is 3. The lowest BCUT2D eigenvalue weighted by molar-refractivity contribution is -0.895. The van der Waals surface area contributed by atoms with E-state index in [0.717, 1.165) is 39.2 Å². The van der Waals surface area contributed by atoms with Crippen LogP contribution >= 0.6 is 33.9 Å². The lowest BCUT2D eigenvalue weighted by atomic mass is 10.00. The number of phenolic OH excluding ortho intramolecular Hbond substituents is 1. The van der Waals surface area contributed by atoms with Gasteiger partial charge in [-0.3, -0.25) is 4.79 Å². The molecule has 0 aliphatic carbocycles. The van der Waals surface area contributed by atoms with Gasteiger partial charge in [-0.25, -0.2) is 0 Å². The molecule has 0 spiro atoms. The molecule has 1 unspecified atom stereocenters. The molecule has 0 fully saturated rings. The Bertz CT molecular complexity index is 849. The van der Waals surface area contributed by atoms with Crippen molar-refractivity contribution in [2.24, 2.45) is 0 Å². The number of phenols is 1. The zero-order valence-corrected chi connectivity index (χ0v) is 16.5. The summed E-state index contributed by atoms with van der Waals surface area (Å²) in [7, 11) is 2.19. The lowest BCUT2D eigenvalue weighted by Crippen LogP contribution is -3.08. The third-order valence-electron chi connectivity index (χ3n) is 4.74. The van der Waals surface area contributed by atoms with E-state index in [1.165, 1.54) is 15.3 Å². The van der Waals surface area contributed by atoms with Gasteiger partial charge in [-0.2, -0.15) is 0 Å². The minimum Gasteiger partial charge on any atom is -0.507 e. The van der Waals surface area contributed by atoms with E-state index in [2.05, 4.69) is 40.3 Å². The fourth-order valence-corrected chi connectivity index (χ4v) is 5.66. The second kappa shape index (κ2) is 5.89. The summed E-state index contributed by atoms with van der Waals surface area (Å²) in [5.74, 6) is 0.198. The van der Waals surface area contributed by atoms with Gasteiger partial charge in [-0.1, -0.05) is 0 Å². The molecule has 1 amide bonds. The van der Waals surface area contributed by atoms with Crippen LogP contribution in [0.2, 0.25) is 0 Å². The van der Waals surface area contributed by atoms with E-state index in [0.29, 0.717) is 5.56 Å². The number of likely N-dealkylation sites (N-methyl/N-ethyl adjacent to an activating group) is 1. The first-order chi connectivity index (χ1) is 11.4. The molecule has 3 heterocycles. The number of carbonyl (C=O) groups is 1. The third kappa shape index (κ3) is 2.58. The number of rotatable bonds is 1. The van der Waals surface area contributed by atoms with E-state index < -0.39 is 6.17 Å². The Labute approximate surface area is 158 Å². The fraction of sp³-hybridized carbons (Fsp3) is 0.353. The van der Waals surface area contributed by atoms with Gasteiger partial charge in [0, 0.05) is 15.6 Å². The molecule has 0 bridgehead atoms. The van der Waals surface area contributed by atoms with Gasteiger partial charge in [0.15, 0.2) is 0 Å². The maximum Gasteiger partial charge on any atom is 0.256 e. The van der Waals surface area contributed by atoms with Crippen LogP contribution in [0.5, 0.6) is 5.75 Å². The van der Waals surface area contributed by atoms with Gasteiger partial charge >= 0.3 is 0 Å². The topological polar surface area (TPSA) is 65.8 Å². The highest BCUT2D eigenvalue weighted by atomic mass is 127. The van der Waals surface area contributed by atoms with Gasteiger partial charge < -0.3 is 20.6 Å². The summed E-state index contributed by atoms with van der Waals surface area (Å²) in [5, 5.41) is 17.8. The molecule has 1 aromatic heterocycles. The van der Waals surface area contributed by atoms with Crippen molar-refractivity contribution < 1.29 is 14.8 Å². The van der Waals surface area contributed by atoms with E-state index in [9.17, 15) is 9.90 Å². The van der Waals surface area contributed by atoms with Gasteiger partial charge in [-0.05, 0) is 52.8 Å². The molecule has 2 atom stereocenters. The Balaban J connectivity index is 1.74. The highest BCUT2D eigenvalue weighted by molar-refractivity contribution is 14.1. The number of aryl methyl sites for hydroxylation is 1. The predicted molar refractivity (Wildman–Crippen MR) is 103 cm³/mol. The Morgan fingerprint density at radius 3 is 2.96 bits per heavy atom. The maximum atomic E-state index is 12.7. The summed E-state index contributed by atoms with van der Waals surface area (Å²) in [4.78, 5) is 15.5. The van der Waals surface area contributed by atoms with Crippen LogP contribution in [0.4, 0.5) is 5.00 Å². The minimum absolute atomic E-state index is 0.0401. The van der Waals surface area contributed by atoms with Gasteiger partial charge in [-0.15, -0.1) is 11.3 Å². The number of hydrogen-bond acceptors (Lipinski definition) is 4. The van der Waals surface area contributed by atoms with Crippen molar-refractivity contribution in [2.45, 2.75) is 26.1 Å². The molecule has 2 aliphatic heterocycles. The van der Waals surface area contributed by atoms with Crippen LogP contribution in [0.25, 0.3) is 0 Å². The molecule has 4 N–H and O–H groups in total. The first-order valence-electron chi connectivity index (χ1n) is 7.96. The minimum atomic E-state index is -0.399. The van der Waals surface area contributed by atoms with E-state index in [4.69, 9.17) is 0 Å². The van der Waals surface area contributed by atoms with Gasteiger partial charge in [0.25, 0.3) is 5.91 Å². The Morgan fingerprint density at radius 2 is 2.17 bits per heavy atom. The molecule has 0 saturated heterocycles. The molecule has 2 aromatic rings. The highest BCUT2D eigenvalue weighted by Crippen LogP contribution is 2.40. The number of aromatic hydroxyl groups is 1. The largest absolute Gasteiger partial charge is 0.507 e. The summed E-state index contributed by atoms with van der Waals surface area (Å²) in [6.07, 6.45) is 0.545. The van der Waals surface area contributed by atoms with Crippen LogP contribution in [-0.2, 0) is 13.0 Å². The standard InChI is InChI=1S/C17H18IN3O2S/c1-8-5-9(18)6-11(14(8)22)15-19-16(23)13-10-3-4-21(2)7-12(10)24-17(13)20-15/h5-6,15,20,22H,3-4,7H2,1-2H3,(H,19,23)/p+1/t15-/m1/s1. The first-order valence-corrected chi connectivity index (χ1v) is 9.86. The molecule has 5 nitrogen and oxygen atoms in total. The SMILES string of the molecule is Cc1cc(I)cc([C@@H]2NC(=O)c3c(sc4c3CC[NH+](C)C4)N2)c1O. The van der Waals surface area contributed by atoms with Crippen LogP contribution in [0.1, 0.15) is 38.1 Å². The Morgan fingerprint density at radius 1 is 1.38 bits per heavy atom. The zero-order chi connectivity index (χ0) is 17.0. The van der Waals surface area contributed by atoms with E-state index in [-0.39, 0.29) is 11.7 Å². The van der Waals surface area contributed by atoms with Crippen LogP contribution in [0.15, 0.2) is 12.1 Å². The lowest BCUT2D eigenvalue weighted by Gasteiger charge is -2.28. The fourth-order valence-electron chi connectivity index (χ4n) is 3.47. The molecule has 126 valence electrons. The van der Waals surface area contributed by atoms with E-state index in [1.54, 1.807) is 11.3 Å². The quantitative estimate of drug-likeness (QED) is 0.495. The number of hydrogen-bond donors (Lipinski definition) is 4. The average molecular weight is 456 g/mol.